The van der Waals surface area contributed by atoms with Crippen LogP contribution in [0.15, 0.2) is 60.8 Å². The van der Waals surface area contributed by atoms with Crippen LogP contribution in [0.5, 0.6) is 11.6 Å². The number of ether oxygens (including phenoxy) is 2. The van der Waals surface area contributed by atoms with Crippen LogP contribution >= 0.6 is 11.9 Å². The predicted molar refractivity (Wildman–Crippen MR) is 120 cm³/mol. The molecule has 0 radical (unpaired) electrons. The molecule has 1 N–H and O–H groups in total. The number of carbonyl (C=O) groups excluding carboxylic acids is 1. The van der Waals surface area contributed by atoms with E-state index in [2.05, 4.69) is 9.71 Å². The van der Waals surface area contributed by atoms with Crippen LogP contribution in [-0.2, 0) is 6.61 Å². The van der Waals surface area contributed by atoms with Crippen LogP contribution in [0.4, 0.5) is 4.39 Å². The molecule has 3 aromatic rings. The summed E-state index contributed by atoms with van der Waals surface area (Å²) in [7, 11) is 0. The second-order valence-corrected chi connectivity index (χ2v) is 8.01. The highest BCUT2D eigenvalue weighted by molar-refractivity contribution is 7.97. The molecule has 1 aliphatic rings. The lowest BCUT2D eigenvalue weighted by Gasteiger charge is -2.10. The quantitative estimate of drug-likeness (QED) is 0.462. The van der Waals surface area contributed by atoms with Gasteiger partial charge >= 0.3 is 0 Å². The molecule has 1 amide bonds. The van der Waals surface area contributed by atoms with Crippen LogP contribution in [0, 0.1) is 11.7 Å². The Hall–Kier alpha value is -3.06. The Balaban J connectivity index is 1.39. The number of aromatic nitrogens is 1. The summed E-state index contributed by atoms with van der Waals surface area (Å²) in [5.74, 6) is 1.13. The topological polar surface area (TPSA) is 60.5 Å². The Morgan fingerprint density at radius 1 is 1.13 bits per heavy atom. The maximum absolute atomic E-state index is 14.4. The van der Waals surface area contributed by atoms with Gasteiger partial charge in [0.1, 0.15) is 18.2 Å². The first kappa shape index (κ1) is 21.2. The third-order valence-corrected chi connectivity index (χ3v) is 5.36. The Morgan fingerprint density at radius 2 is 2.00 bits per heavy atom. The molecule has 4 rings (SSSR count). The molecular formula is C24H23FN2O3S. The number of carbonyl (C=O) groups is 1. The van der Waals surface area contributed by atoms with Crippen LogP contribution in [0.3, 0.4) is 0 Å². The molecule has 31 heavy (non-hydrogen) atoms. The Morgan fingerprint density at radius 3 is 2.71 bits per heavy atom. The number of hydrogen-bond donors (Lipinski definition) is 1. The van der Waals surface area contributed by atoms with E-state index in [9.17, 15) is 9.18 Å². The fraction of sp³-hybridized carbons (Fsp3) is 0.250. The van der Waals surface area contributed by atoms with Gasteiger partial charge in [0.2, 0.25) is 5.88 Å². The highest BCUT2D eigenvalue weighted by atomic mass is 32.2. The smallest absolute Gasteiger partial charge is 0.261 e. The molecule has 2 aromatic carbocycles. The largest absolute Gasteiger partial charge is 0.489 e. The number of halogens is 1. The van der Waals surface area contributed by atoms with Crippen molar-refractivity contribution in [3.8, 4) is 22.8 Å². The number of pyridine rings is 1. The van der Waals surface area contributed by atoms with Crippen molar-refractivity contribution in [2.75, 3.05) is 12.9 Å². The van der Waals surface area contributed by atoms with Crippen molar-refractivity contribution in [1.82, 2.24) is 9.71 Å². The van der Waals surface area contributed by atoms with Gasteiger partial charge in [0, 0.05) is 35.2 Å². The van der Waals surface area contributed by atoms with Gasteiger partial charge < -0.3 is 9.47 Å². The van der Waals surface area contributed by atoms with Gasteiger partial charge in [0.05, 0.1) is 6.61 Å². The van der Waals surface area contributed by atoms with E-state index in [0.717, 1.165) is 17.7 Å². The normalized spacial score (nSPS) is 13.0. The molecular weight excluding hydrogens is 415 g/mol. The fourth-order valence-electron chi connectivity index (χ4n) is 3.01. The zero-order valence-electron chi connectivity index (χ0n) is 17.1. The average molecular weight is 439 g/mol. The second-order valence-electron chi connectivity index (χ2n) is 7.40. The number of nitrogens with zero attached hydrogens (tertiary/aromatic N) is 1. The molecule has 1 aromatic heterocycles. The molecule has 0 saturated heterocycles. The van der Waals surface area contributed by atoms with Crippen LogP contribution in [-0.4, -0.2) is 23.8 Å². The molecule has 5 nitrogen and oxygen atoms in total. The highest BCUT2D eigenvalue weighted by Crippen LogP contribution is 2.30. The summed E-state index contributed by atoms with van der Waals surface area (Å²) in [5.41, 5.74) is 2.54. The van der Waals surface area contributed by atoms with Gasteiger partial charge in [-0.15, -0.1) is 0 Å². The zero-order valence-corrected chi connectivity index (χ0v) is 18.0. The molecule has 0 spiro atoms. The summed E-state index contributed by atoms with van der Waals surface area (Å²) in [5, 5.41) is 0. The van der Waals surface area contributed by atoms with Crippen molar-refractivity contribution < 1.29 is 18.7 Å². The van der Waals surface area contributed by atoms with Crippen molar-refractivity contribution in [2.24, 2.45) is 5.92 Å². The van der Waals surface area contributed by atoms with E-state index in [1.165, 1.54) is 30.9 Å². The Kier molecular flexibility index (Phi) is 6.72. The molecule has 0 unspecified atom stereocenters. The van der Waals surface area contributed by atoms with Gasteiger partial charge in [0.25, 0.3) is 5.91 Å². The van der Waals surface area contributed by atoms with Crippen LogP contribution in [0.25, 0.3) is 11.1 Å². The van der Waals surface area contributed by atoms with E-state index in [0.29, 0.717) is 23.1 Å². The standard InChI is InChI=1S/C24H23FN2O3S/c1-31-27-24(28)18-7-8-20(22(25)12-18)15-29-21-4-2-3-17(11-21)19-9-10-23(26-13-19)30-14-16-5-6-16/h2-4,7-13,16H,5-6,14-15H2,1H3,(H,27,28). The number of rotatable bonds is 9. The van der Waals surface area contributed by atoms with Crippen molar-refractivity contribution in [1.29, 1.82) is 0 Å². The van der Waals surface area contributed by atoms with E-state index >= 15 is 0 Å². The SMILES string of the molecule is CSNC(=O)c1ccc(COc2cccc(-c3ccc(OCC4CC4)nc3)c2)c(F)c1. The van der Waals surface area contributed by atoms with Crippen molar-refractivity contribution in [2.45, 2.75) is 19.4 Å². The molecule has 0 aliphatic heterocycles. The summed E-state index contributed by atoms with van der Waals surface area (Å²) < 4.78 is 28.4. The van der Waals surface area contributed by atoms with E-state index in [1.807, 2.05) is 36.4 Å². The molecule has 0 bridgehead atoms. The minimum atomic E-state index is -0.476. The van der Waals surface area contributed by atoms with E-state index in [4.69, 9.17) is 9.47 Å². The number of nitrogens with one attached hydrogen (secondary N) is 1. The summed E-state index contributed by atoms with van der Waals surface area (Å²) in [6.07, 6.45) is 6.00. The molecule has 7 heteroatoms. The summed E-state index contributed by atoms with van der Waals surface area (Å²) in [6.45, 7) is 0.793. The first-order valence-corrected chi connectivity index (χ1v) is 11.3. The minimum absolute atomic E-state index is 0.0614. The lowest BCUT2D eigenvalue weighted by molar-refractivity contribution is 0.0984. The molecule has 1 saturated carbocycles. The Bertz CT molecular complexity index is 1050. The van der Waals surface area contributed by atoms with Crippen LogP contribution in [0.2, 0.25) is 0 Å². The molecule has 160 valence electrons. The minimum Gasteiger partial charge on any atom is -0.489 e. The Labute approximate surface area is 185 Å². The van der Waals surface area contributed by atoms with E-state index < -0.39 is 5.82 Å². The molecule has 1 aliphatic carbocycles. The lowest BCUT2D eigenvalue weighted by Crippen LogP contribution is -2.15. The van der Waals surface area contributed by atoms with Gasteiger partial charge in [-0.25, -0.2) is 9.37 Å². The van der Waals surface area contributed by atoms with Gasteiger partial charge in [-0.05, 0) is 54.7 Å². The first-order chi connectivity index (χ1) is 15.1. The number of amides is 1. The number of benzene rings is 2. The van der Waals surface area contributed by atoms with E-state index in [1.54, 1.807) is 24.6 Å². The highest BCUT2D eigenvalue weighted by Gasteiger charge is 2.22. The van der Waals surface area contributed by atoms with Gasteiger partial charge in [-0.1, -0.05) is 30.1 Å². The van der Waals surface area contributed by atoms with Crippen molar-refractivity contribution in [3.05, 3.63) is 77.7 Å². The van der Waals surface area contributed by atoms with Crippen LogP contribution in [0.1, 0.15) is 28.8 Å². The molecule has 1 fully saturated rings. The fourth-order valence-corrected chi connectivity index (χ4v) is 3.31. The molecule has 1 heterocycles. The van der Waals surface area contributed by atoms with Crippen molar-refractivity contribution >= 4 is 17.9 Å². The lowest BCUT2D eigenvalue weighted by atomic mass is 10.1. The second kappa shape index (κ2) is 9.83. The van der Waals surface area contributed by atoms with Crippen LogP contribution < -0.4 is 14.2 Å². The number of hydrogen-bond acceptors (Lipinski definition) is 5. The maximum atomic E-state index is 14.4. The molecule has 0 atom stereocenters. The third-order valence-electron chi connectivity index (χ3n) is 4.97. The predicted octanol–water partition coefficient (Wildman–Crippen LogP) is 5.26. The summed E-state index contributed by atoms with van der Waals surface area (Å²) in [6, 6.07) is 15.8. The van der Waals surface area contributed by atoms with E-state index in [-0.39, 0.29) is 18.1 Å². The maximum Gasteiger partial charge on any atom is 0.261 e. The van der Waals surface area contributed by atoms with Gasteiger partial charge in [0.15, 0.2) is 0 Å². The van der Waals surface area contributed by atoms with Gasteiger partial charge in [-0.2, -0.15) is 0 Å². The van der Waals surface area contributed by atoms with Gasteiger partial charge in [-0.3, -0.25) is 9.52 Å². The van der Waals surface area contributed by atoms with Crippen molar-refractivity contribution in [3.63, 3.8) is 0 Å². The third kappa shape index (κ3) is 5.76. The summed E-state index contributed by atoms with van der Waals surface area (Å²) >= 11 is 1.17. The zero-order chi connectivity index (χ0) is 21.6. The first-order valence-electron chi connectivity index (χ1n) is 10.1. The monoisotopic (exact) mass is 438 g/mol. The average Bonchev–Trinajstić information content (AvgIpc) is 3.62. The summed E-state index contributed by atoms with van der Waals surface area (Å²) in [4.78, 5) is 16.2.